The topological polar surface area (TPSA) is 135 Å². The first-order chi connectivity index (χ1) is 17.3. The van der Waals surface area contributed by atoms with Crippen LogP contribution in [-0.4, -0.2) is 67.0 Å². The lowest BCUT2D eigenvalue weighted by molar-refractivity contribution is 0.0752. The van der Waals surface area contributed by atoms with Crippen molar-refractivity contribution in [3.8, 4) is 0 Å². The van der Waals surface area contributed by atoms with Crippen LogP contribution in [0.1, 0.15) is 27.3 Å². The molecule has 0 aliphatic carbocycles. The molecule has 3 N–H and O–H groups in total. The molecule has 5 rings (SSSR count). The molecule has 3 heterocycles. The van der Waals surface area contributed by atoms with Crippen molar-refractivity contribution < 1.29 is 9.18 Å². The number of amides is 1. The monoisotopic (exact) mass is 486 g/mol. The molecule has 2 aromatic carbocycles. The van der Waals surface area contributed by atoms with Crippen LogP contribution in [0.2, 0.25) is 0 Å². The van der Waals surface area contributed by atoms with E-state index >= 15 is 0 Å². The van der Waals surface area contributed by atoms with Gasteiger partial charge in [-0.05, 0) is 29.8 Å². The number of hydrogen-bond donors (Lipinski definition) is 3. The normalized spacial score (nSPS) is 13.9. The summed E-state index contributed by atoms with van der Waals surface area (Å²) in [6.07, 6.45) is 2.01. The van der Waals surface area contributed by atoms with Gasteiger partial charge in [-0.1, -0.05) is 24.3 Å². The Hall–Kier alpha value is -4.67. The summed E-state index contributed by atoms with van der Waals surface area (Å²) in [5, 5.41) is 28.8. The standard InChI is InChI=1S/C25H23FN8O2/c1-32-9-8-20(31-32)23(28)34-11-10-33(14-22(34)27)25(36)18-12-15(6-7-19(18)26)13-21-16-4-2-3-5-17(16)24(35)30-29-21/h2-9,12,27-28H,10-11,13-14H2,1H3,(H,30,35). The Balaban J connectivity index is 1.34. The van der Waals surface area contributed by atoms with Crippen LogP contribution in [0.15, 0.2) is 59.5 Å². The molecule has 4 aromatic rings. The van der Waals surface area contributed by atoms with Crippen molar-refractivity contribution in [2.45, 2.75) is 6.42 Å². The number of hydrogen-bond acceptors (Lipinski definition) is 6. The van der Waals surface area contributed by atoms with E-state index in [4.69, 9.17) is 10.8 Å². The predicted octanol–water partition coefficient (Wildman–Crippen LogP) is 2.15. The van der Waals surface area contributed by atoms with E-state index in [-0.39, 0.29) is 42.4 Å². The number of carbonyl (C=O) groups excluding carboxylic acids is 1. The molecule has 0 spiro atoms. The molecule has 11 heteroatoms. The van der Waals surface area contributed by atoms with Crippen LogP contribution < -0.4 is 5.56 Å². The maximum absolute atomic E-state index is 14.7. The summed E-state index contributed by atoms with van der Waals surface area (Å²) in [4.78, 5) is 28.2. The summed E-state index contributed by atoms with van der Waals surface area (Å²) >= 11 is 0. The number of benzene rings is 2. The molecule has 1 aliphatic heterocycles. The molecular weight excluding hydrogens is 463 g/mol. The van der Waals surface area contributed by atoms with Crippen LogP contribution in [-0.2, 0) is 13.5 Å². The SMILES string of the molecule is Cn1ccc(C(=N)N2CCN(C(=O)c3cc(Cc4n[nH]c(=O)c5ccccc45)ccc3F)CC2=N)n1. The summed E-state index contributed by atoms with van der Waals surface area (Å²) in [6, 6.07) is 13.1. The number of halogens is 1. The third kappa shape index (κ3) is 4.26. The number of fused-ring (bicyclic) bond motifs is 1. The fourth-order valence-electron chi connectivity index (χ4n) is 4.32. The highest BCUT2D eigenvalue weighted by Gasteiger charge is 2.30. The molecule has 1 aliphatic rings. The van der Waals surface area contributed by atoms with E-state index in [9.17, 15) is 14.0 Å². The van der Waals surface area contributed by atoms with Crippen LogP contribution in [0.5, 0.6) is 0 Å². The summed E-state index contributed by atoms with van der Waals surface area (Å²) in [6.45, 7) is 0.407. The summed E-state index contributed by atoms with van der Waals surface area (Å²) in [5.41, 5.74) is 1.32. The molecule has 182 valence electrons. The Morgan fingerprint density at radius 1 is 1.14 bits per heavy atom. The molecule has 10 nitrogen and oxygen atoms in total. The number of aromatic nitrogens is 4. The Kier molecular flexibility index (Phi) is 5.88. The van der Waals surface area contributed by atoms with Gasteiger partial charge in [-0.15, -0.1) is 0 Å². The van der Waals surface area contributed by atoms with E-state index in [1.165, 1.54) is 21.9 Å². The van der Waals surface area contributed by atoms with Crippen molar-refractivity contribution in [1.29, 1.82) is 10.8 Å². The van der Waals surface area contributed by atoms with Crippen molar-refractivity contribution >= 4 is 28.4 Å². The Morgan fingerprint density at radius 2 is 1.92 bits per heavy atom. The molecule has 0 radical (unpaired) electrons. The van der Waals surface area contributed by atoms with E-state index in [1.54, 1.807) is 48.3 Å². The number of rotatable bonds is 4. The third-order valence-corrected chi connectivity index (χ3v) is 6.18. The van der Waals surface area contributed by atoms with Crippen LogP contribution in [0.4, 0.5) is 4.39 Å². The Morgan fingerprint density at radius 3 is 2.64 bits per heavy atom. The maximum atomic E-state index is 14.7. The number of piperazine rings is 1. The van der Waals surface area contributed by atoms with Gasteiger partial charge >= 0.3 is 0 Å². The number of H-pyrrole nitrogens is 1. The highest BCUT2D eigenvalue weighted by molar-refractivity contribution is 6.08. The van der Waals surface area contributed by atoms with Crippen LogP contribution >= 0.6 is 0 Å². The lowest BCUT2D eigenvalue weighted by Crippen LogP contribution is -2.54. The maximum Gasteiger partial charge on any atom is 0.272 e. The Labute approximate surface area is 205 Å². The molecular formula is C25H23FN8O2. The van der Waals surface area contributed by atoms with E-state index in [1.807, 2.05) is 6.07 Å². The minimum Gasteiger partial charge on any atom is -0.329 e. The second-order valence-corrected chi connectivity index (χ2v) is 8.58. The van der Waals surface area contributed by atoms with E-state index < -0.39 is 11.7 Å². The van der Waals surface area contributed by atoms with Crippen LogP contribution in [0, 0.1) is 16.6 Å². The molecule has 0 bridgehead atoms. The molecule has 2 aromatic heterocycles. The smallest absolute Gasteiger partial charge is 0.272 e. The second-order valence-electron chi connectivity index (χ2n) is 8.58. The fraction of sp³-hybridized carbons (Fsp3) is 0.200. The fourth-order valence-corrected chi connectivity index (χ4v) is 4.32. The number of amidine groups is 2. The van der Waals surface area contributed by atoms with Crippen molar-refractivity contribution in [3.05, 3.63) is 93.4 Å². The highest BCUT2D eigenvalue weighted by Crippen LogP contribution is 2.20. The van der Waals surface area contributed by atoms with Crippen molar-refractivity contribution in [3.63, 3.8) is 0 Å². The van der Waals surface area contributed by atoms with Gasteiger partial charge in [0.05, 0.1) is 23.2 Å². The van der Waals surface area contributed by atoms with Gasteiger partial charge in [0.2, 0.25) is 0 Å². The summed E-state index contributed by atoms with van der Waals surface area (Å²) in [7, 11) is 1.75. The van der Waals surface area contributed by atoms with Gasteiger partial charge < -0.3 is 9.80 Å². The van der Waals surface area contributed by atoms with Crippen molar-refractivity contribution in [1.82, 2.24) is 29.8 Å². The largest absolute Gasteiger partial charge is 0.329 e. The molecule has 1 fully saturated rings. The average Bonchev–Trinajstić information content (AvgIpc) is 3.32. The van der Waals surface area contributed by atoms with E-state index in [0.29, 0.717) is 34.1 Å². The van der Waals surface area contributed by atoms with Gasteiger partial charge in [0.1, 0.15) is 17.3 Å². The predicted molar refractivity (Wildman–Crippen MR) is 132 cm³/mol. The van der Waals surface area contributed by atoms with Gasteiger partial charge in [-0.3, -0.25) is 25.1 Å². The first kappa shape index (κ1) is 23.1. The van der Waals surface area contributed by atoms with Crippen molar-refractivity contribution in [2.24, 2.45) is 7.05 Å². The molecule has 1 amide bonds. The van der Waals surface area contributed by atoms with Crippen LogP contribution in [0.3, 0.4) is 0 Å². The van der Waals surface area contributed by atoms with Crippen molar-refractivity contribution in [2.75, 3.05) is 19.6 Å². The number of aryl methyl sites for hydroxylation is 1. The zero-order valence-corrected chi connectivity index (χ0v) is 19.5. The Bertz CT molecular complexity index is 1570. The molecule has 0 saturated carbocycles. The second kappa shape index (κ2) is 9.17. The molecule has 0 atom stereocenters. The van der Waals surface area contributed by atoms with Gasteiger partial charge in [0.15, 0.2) is 5.84 Å². The summed E-state index contributed by atoms with van der Waals surface area (Å²) < 4.78 is 16.3. The van der Waals surface area contributed by atoms with Gasteiger partial charge in [-0.2, -0.15) is 10.2 Å². The molecule has 1 saturated heterocycles. The van der Waals surface area contributed by atoms with E-state index in [2.05, 4.69) is 15.3 Å². The number of aromatic amines is 1. The first-order valence-corrected chi connectivity index (χ1v) is 11.3. The number of nitrogens with one attached hydrogen (secondary N) is 3. The lowest BCUT2D eigenvalue weighted by Gasteiger charge is -2.36. The van der Waals surface area contributed by atoms with Gasteiger partial charge in [0.25, 0.3) is 11.5 Å². The third-order valence-electron chi connectivity index (χ3n) is 6.18. The minimum atomic E-state index is -0.654. The average molecular weight is 487 g/mol. The lowest BCUT2D eigenvalue weighted by atomic mass is 10.0. The van der Waals surface area contributed by atoms with Crippen LogP contribution in [0.25, 0.3) is 10.8 Å². The quantitative estimate of drug-likeness (QED) is 0.300. The summed E-state index contributed by atoms with van der Waals surface area (Å²) in [5.74, 6) is -1.03. The van der Waals surface area contributed by atoms with E-state index in [0.717, 1.165) is 0 Å². The van der Waals surface area contributed by atoms with Gasteiger partial charge in [0, 0.05) is 38.1 Å². The zero-order chi connectivity index (χ0) is 25.4. The highest BCUT2D eigenvalue weighted by atomic mass is 19.1. The number of carbonyl (C=O) groups is 1. The number of nitrogens with zero attached hydrogens (tertiary/aromatic N) is 5. The minimum absolute atomic E-state index is 0.0518. The zero-order valence-electron chi connectivity index (χ0n) is 19.5. The first-order valence-electron chi connectivity index (χ1n) is 11.3. The molecule has 0 unspecified atom stereocenters. The van der Waals surface area contributed by atoms with Gasteiger partial charge in [-0.25, -0.2) is 9.49 Å². The molecule has 36 heavy (non-hydrogen) atoms.